The second-order valence-corrected chi connectivity index (χ2v) is 5.45. The zero-order chi connectivity index (χ0) is 13.8. The zero-order valence-corrected chi connectivity index (χ0v) is 11.8. The number of piperidine rings is 1. The van der Waals surface area contributed by atoms with E-state index in [0.717, 1.165) is 18.8 Å². The first-order chi connectivity index (χ1) is 9.08. The molecule has 1 amide bonds. The molecule has 0 radical (unpaired) electrons. The van der Waals surface area contributed by atoms with E-state index in [0.29, 0.717) is 11.3 Å². The lowest BCUT2D eigenvalue weighted by atomic mass is 10.1. The Balaban J connectivity index is 2.29. The predicted molar refractivity (Wildman–Crippen MR) is 79.5 cm³/mol. The number of benzene rings is 1. The van der Waals surface area contributed by atoms with Crippen LogP contribution in [0.25, 0.3) is 0 Å². The van der Waals surface area contributed by atoms with E-state index < -0.39 is 0 Å². The highest BCUT2D eigenvalue weighted by molar-refractivity contribution is 6.00. The highest BCUT2D eigenvalue weighted by Gasteiger charge is 2.19. The summed E-state index contributed by atoms with van der Waals surface area (Å²) in [6.07, 6.45) is 3.66. The van der Waals surface area contributed by atoms with Crippen LogP contribution in [-0.4, -0.2) is 25.0 Å². The van der Waals surface area contributed by atoms with E-state index in [1.807, 2.05) is 26.0 Å². The lowest BCUT2D eigenvalue weighted by molar-refractivity contribution is 0.0943. The number of carbonyl (C=O) groups excluding carboxylic acids is 1. The van der Waals surface area contributed by atoms with Crippen molar-refractivity contribution in [1.82, 2.24) is 5.32 Å². The maximum absolute atomic E-state index is 12.3. The van der Waals surface area contributed by atoms with Crippen molar-refractivity contribution in [3.63, 3.8) is 0 Å². The zero-order valence-electron chi connectivity index (χ0n) is 11.8. The van der Waals surface area contributed by atoms with Gasteiger partial charge in [-0.25, -0.2) is 0 Å². The Kier molecular flexibility index (Phi) is 4.30. The number of nitrogen functional groups attached to an aromatic ring is 1. The molecule has 2 rings (SSSR count). The van der Waals surface area contributed by atoms with Gasteiger partial charge in [-0.15, -0.1) is 0 Å². The fraction of sp³-hybridized carbons (Fsp3) is 0.533. The van der Waals surface area contributed by atoms with Gasteiger partial charge in [0.15, 0.2) is 0 Å². The summed E-state index contributed by atoms with van der Waals surface area (Å²) in [5.41, 5.74) is 8.16. The van der Waals surface area contributed by atoms with Crippen LogP contribution in [0.1, 0.15) is 43.5 Å². The topological polar surface area (TPSA) is 58.4 Å². The summed E-state index contributed by atoms with van der Waals surface area (Å²) in [4.78, 5) is 14.6. The van der Waals surface area contributed by atoms with Crippen molar-refractivity contribution in [2.75, 3.05) is 23.7 Å². The number of nitrogens with one attached hydrogen (secondary N) is 1. The number of hydrogen-bond acceptors (Lipinski definition) is 3. The number of hydrogen-bond donors (Lipinski definition) is 2. The molecule has 19 heavy (non-hydrogen) atoms. The van der Waals surface area contributed by atoms with Gasteiger partial charge in [0, 0.05) is 30.5 Å². The van der Waals surface area contributed by atoms with E-state index in [1.165, 1.54) is 19.3 Å². The van der Waals surface area contributed by atoms with Gasteiger partial charge in [-0.2, -0.15) is 0 Å². The molecular formula is C15H23N3O. The van der Waals surface area contributed by atoms with Crippen molar-refractivity contribution >= 4 is 17.3 Å². The van der Waals surface area contributed by atoms with E-state index in [4.69, 9.17) is 5.73 Å². The van der Waals surface area contributed by atoms with Crippen molar-refractivity contribution in [2.45, 2.75) is 39.2 Å². The first-order valence-electron chi connectivity index (χ1n) is 7.03. The highest BCUT2D eigenvalue weighted by atomic mass is 16.1. The van der Waals surface area contributed by atoms with Gasteiger partial charge >= 0.3 is 0 Å². The summed E-state index contributed by atoms with van der Waals surface area (Å²) in [5, 5.41) is 2.94. The number of anilines is 2. The Hall–Kier alpha value is -1.71. The Morgan fingerprint density at radius 3 is 2.58 bits per heavy atom. The molecule has 1 fully saturated rings. The molecule has 4 nitrogen and oxygen atoms in total. The third-order valence-electron chi connectivity index (χ3n) is 3.38. The maximum Gasteiger partial charge on any atom is 0.253 e. The number of rotatable bonds is 3. The van der Waals surface area contributed by atoms with Gasteiger partial charge in [-0.3, -0.25) is 4.79 Å². The largest absolute Gasteiger partial charge is 0.399 e. The number of carbonyl (C=O) groups is 1. The van der Waals surface area contributed by atoms with Gasteiger partial charge in [-0.1, -0.05) is 0 Å². The molecule has 1 heterocycles. The highest BCUT2D eigenvalue weighted by Crippen LogP contribution is 2.26. The number of amides is 1. The van der Waals surface area contributed by atoms with Crippen molar-refractivity contribution < 1.29 is 4.79 Å². The molecule has 104 valence electrons. The van der Waals surface area contributed by atoms with Crippen LogP contribution >= 0.6 is 0 Å². The molecule has 0 unspecified atom stereocenters. The number of nitrogens with two attached hydrogens (primary N) is 1. The minimum Gasteiger partial charge on any atom is -0.399 e. The van der Waals surface area contributed by atoms with Crippen LogP contribution in [0.15, 0.2) is 18.2 Å². The van der Waals surface area contributed by atoms with Crippen molar-refractivity contribution in [3.8, 4) is 0 Å². The molecule has 0 aromatic heterocycles. The molecule has 1 aliphatic rings. The Bertz CT molecular complexity index is 451. The average Bonchev–Trinajstić information content (AvgIpc) is 2.39. The summed E-state index contributed by atoms with van der Waals surface area (Å²) < 4.78 is 0. The summed E-state index contributed by atoms with van der Waals surface area (Å²) in [6, 6.07) is 5.75. The Labute approximate surface area is 115 Å². The average molecular weight is 261 g/mol. The van der Waals surface area contributed by atoms with Crippen molar-refractivity contribution in [2.24, 2.45) is 0 Å². The second-order valence-electron chi connectivity index (χ2n) is 5.45. The molecule has 0 atom stereocenters. The Morgan fingerprint density at radius 2 is 1.95 bits per heavy atom. The van der Waals surface area contributed by atoms with Crippen LogP contribution in [0.5, 0.6) is 0 Å². The summed E-state index contributed by atoms with van der Waals surface area (Å²) in [6.45, 7) is 5.97. The normalized spacial score (nSPS) is 15.6. The van der Waals surface area contributed by atoms with Gasteiger partial charge in [0.2, 0.25) is 0 Å². The van der Waals surface area contributed by atoms with E-state index in [2.05, 4.69) is 10.2 Å². The first kappa shape index (κ1) is 13.7. The summed E-state index contributed by atoms with van der Waals surface area (Å²) in [7, 11) is 0. The molecule has 1 aromatic rings. The van der Waals surface area contributed by atoms with Crippen LogP contribution in [0.4, 0.5) is 11.4 Å². The number of nitrogens with zero attached hydrogens (tertiary/aromatic N) is 1. The molecule has 0 aliphatic carbocycles. The molecular weight excluding hydrogens is 238 g/mol. The van der Waals surface area contributed by atoms with Gasteiger partial charge in [0.25, 0.3) is 5.91 Å². The van der Waals surface area contributed by atoms with Crippen molar-refractivity contribution in [3.05, 3.63) is 23.8 Å². The van der Waals surface area contributed by atoms with Gasteiger partial charge in [-0.05, 0) is 51.3 Å². The van der Waals surface area contributed by atoms with Gasteiger partial charge in [0.1, 0.15) is 0 Å². The minimum atomic E-state index is -0.0390. The lowest BCUT2D eigenvalue weighted by Gasteiger charge is -2.30. The molecule has 3 N–H and O–H groups in total. The second kappa shape index (κ2) is 5.95. The minimum absolute atomic E-state index is 0.0390. The predicted octanol–water partition coefficient (Wildman–Crippen LogP) is 2.40. The fourth-order valence-electron chi connectivity index (χ4n) is 2.49. The van der Waals surface area contributed by atoms with Gasteiger partial charge in [0.05, 0.1) is 5.56 Å². The molecule has 1 aromatic carbocycles. The van der Waals surface area contributed by atoms with Crippen LogP contribution in [-0.2, 0) is 0 Å². The SMILES string of the molecule is CC(C)NC(=O)c1cc(N)ccc1N1CCCCC1. The quantitative estimate of drug-likeness (QED) is 0.821. The maximum atomic E-state index is 12.3. The third kappa shape index (κ3) is 3.40. The van der Waals surface area contributed by atoms with Crippen LogP contribution in [0, 0.1) is 0 Å². The first-order valence-corrected chi connectivity index (χ1v) is 7.03. The molecule has 1 aliphatic heterocycles. The van der Waals surface area contributed by atoms with E-state index >= 15 is 0 Å². The molecule has 4 heteroatoms. The molecule has 0 spiro atoms. The summed E-state index contributed by atoms with van der Waals surface area (Å²) >= 11 is 0. The monoisotopic (exact) mass is 261 g/mol. The van der Waals surface area contributed by atoms with Crippen LogP contribution < -0.4 is 16.0 Å². The van der Waals surface area contributed by atoms with E-state index in [9.17, 15) is 4.79 Å². The Morgan fingerprint density at radius 1 is 1.26 bits per heavy atom. The third-order valence-corrected chi connectivity index (χ3v) is 3.38. The standard InChI is InChI=1S/C15H23N3O/c1-11(2)17-15(19)13-10-12(16)6-7-14(13)18-8-4-3-5-9-18/h6-7,10-11H,3-5,8-9,16H2,1-2H3,(H,17,19). The fourth-order valence-corrected chi connectivity index (χ4v) is 2.49. The van der Waals surface area contributed by atoms with Gasteiger partial charge < -0.3 is 16.0 Å². The van der Waals surface area contributed by atoms with Crippen LogP contribution in [0.2, 0.25) is 0 Å². The molecule has 1 saturated heterocycles. The van der Waals surface area contributed by atoms with Crippen molar-refractivity contribution in [1.29, 1.82) is 0 Å². The van der Waals surface area contributed by atoms with Crippen LogP contribution in [0.3, 0.4) is 0 Å². The summed E-state index contributed by atoms with van der Waals surface area (Å²) in [5.74, 6) is -0.0390. The molecule has 0 bridgehead atoms. The smallest absolute Gasteiger partial charge is 0.253 e. The van der Waals surface area contributed by atoms with E-state index in [1.54, 1.807) is 6.07 Å². The molecule has 0 saturated carbocycles. The van der Waals surface area contributed by atoms with E-state index in [-0.39, 0.29) is 11.9 Å². The lowest BCUT2D eigenvalue weighted by Crippen LogP contribution is -2.34.